The smallest absolute Gasteiger partial charge is 0.244 e. The molecule has 0 N–H and O–H groups in total. The van der Waals surface area contributed by atoms with E-state index in [0.29, 0.717) is 17.4 Å². The molecule has 0 saturated carbocycles. The van der Waals surface area contributed by atoms with E-state index in [1.807, 2.05) is 37.2 Å². The summed E-state index contributed by atoms with van der Waals surface area (Å²) in [5.41, 5.74) is 2.24. The summed E-state index contributed by atoms with van der Waals surface area (Å²) in [7, 11) is 3.95. The van der Waals surface area contributed by atoms with E-state index < -0.39 is 0 Å². The van der Waals surface area contributed by atoms with Gasteiger partial charge in [0.2, 0.25) is 11.7 Å². The molecule has 0 aliphatic heterocycles. The fourth-order valence-electron chi connectivity index (χ4n) is 2.60. The number of pyridine rings is 1. The predicted octanol–water partition coefficient (Wildman–Crippen LogP) is 3.95. The van der Waals surface area contributed by atoms with Crippen molar-refractivity contribution in [2.24, 2.45) is 0 Å². The third-order valence-electron chi connectivity index (χ3n) is 3.89. The van der Waals surface area contributed by atoms with Gasteiger partial charge in [-0.15, -0.1) is 0 Å². The van der Waals surface area contributed by atoms with Crippen molar-refractivity contribution in [2.45, 2.75) is 19.4 Å². The standard InChI is InChI=1S/C18H19FN4O/c1-4-16(23(2)3)18-21-17(22-24-18)15-9-8-13(11-20-15)12-6-5-7-14(19)10-12/h5-11,16H,4H2,1-3H3. The highest BCUT2D eigenvalue weighted by Crippen LogP contribution is 2.24. The Balaban J connectivity index is 1.85. The van der Waals surface area contributed by atoms with Crippen LogP contribution in [0.2, 0.25) is 0 Å². The first-order chi connectivity index (χ1) is 11.6. The van der Waals surface area contributed by atoms with Crippen LogP contribution in [0, 0.1) is 5.82 Å². The van der Waals surface area contributed by atoms with E-state index in [4.69, 9.17) is 4.52 Å². The van der Waals surface area contributed by atoms with Crippen LogP contribution in [0.15, 0.2) is 47.1 Å². The summed E-state index contributed by atoms with van der Waals surface area (Å²) in [5.74, 6) is 0.762. The molecule has 1 aromatic carbocycles. The molecule has 0 saturated heterocycles. The lowest BCUT2D eigenvalue weighted by Gasteiger charge is -2.17. The lowest BCUT2D eigenvalue weighted by Crippen LogP contribution is -2.19. The van der Waals surface area contributed by atoms with Crippen LogP contribution in [0.1, 0.15) is 25.3 Å². The lowest BCUT2D eigenvalue weighted by molar-refractivity contribution is 0.224. The maximum Gasteiger partial charge on any atom is 0.244 e. The molecule has 0 fully saturated rings. The van der Waals surface area contributed by atoms with Gasteiger partial charge in [-0.1, -0.05) is 30.3 Å². The summed E-state index contributed by atoms with van der Waals surface area (Å²) < 4.78 is 18.7. The first-order valence-electron chi connectivity index (χ1n) is 7.81. The van der Waals surface area contributed by atoms with Gasteiger partial charge in [0, 0.05) is 11.8 Å². The molecule has 0 spiro atoms. The van der Waals surface area contributed by atoms with Crippen LogP contribution in [-0.2, 0) is 0 Å². The molecule has 1 atom stereocenters. The second kappa shape index (κ2) is 6.88. The van der Waals surface area contributed by atoms with Crippen molar-refractivity contribution >= 4 is 0 Å². The quantitative estimate of drug-likeness (QED) is 0.710. The van der Waals surface area contributed by atoms with Gasteiger partial charge in [0.05, 0.1) is 6.04 Å². The normalized spacial score (nSPS) is 12.5. The predicted molar refractivity (Wildman–Crippen MR) is 89.6 cm³/mol. The van der Waals surface area contributed by atoms with E-state index in [-0.39, 0.29) is 11.9 Å². The van der Waals surface area contributed by atoms with Gasteiger partial charge < -0.3 is 4.52 Å². The topological polar surface area (TPSA) is 55.1 Å². The molecule has 6 heteroatoms. The Labute approximate surface area is 140 Å². The molecule has 0 radical (unpaired) electrons. The van der Waals surface area contributed by atoms with E-state index in [2.05, 4.69) is 22.0 Å². The molecule has 5 nitrogen and oxygen atoms in total. The molecule has 0 amide bonds. The minimum Gasteiger partial charge on any atom is -0.337 e. The zero-order chi connectivity index (χ0) is 17.1. The number of hydrogen-bond acceptors (Lipinski definition) is 5. The Hall–Kier alpha value is -2.60. The maximum atomic E-state index is 13.3. The summed E-state index contributed by atoms with van der Waals surface area (Å²) in [4.78, 5) is 10.9. The summed E-state index contributed by atoms with van der Waals surface area (Å²) in [6.07, 6.45) is 2.56. The van der Waals surface area contributed by atoms with E-state index in [9.17, 15) is 4.39 Å². The lowest BCUT2D eigenvalue weighted by atomic mass is 10.1. The molecular weight excluding hydrogens is 307 g/mol. The molecule has 2 aromatic heterocycles. The third-order valence-corrected chi connectivity index (χ3v) is 3.89. The summed E-state index contributed by atoms with van der Waals surface area (Å²) in [6.45, 7) is 2.07. The first-order valence-corrected chi connectivity index (χ1v) is 7.81. The molecule has 2 heterocycles. The van der Waals surface area contributed by atoms with Crippen LogP contribution in [0.3, 0.4) is 0 Å². The van der Waals surface area contributed by atoms with Crippen molar-refractivity contribution in [1.29, 1.82) is 0 Å². The number of hydrogen-bond donors (Lipinski definition) is 0. The van der Waals surface area contributed by atoms with Gasteiger partial charge in [0.25, 0.3) is 0 Å². The minimum absolute atomic E-state index is 0.0813. The van der Waals surface area contributed by atoms with Gasteiger partial charge >= 0.3 is 0 Å². The van der Waals surface area contributed by atoms with E-state index >= 15 is 0 Å². The SMILES string of the molecule is CCC(c1nc(-c2ccc(-c3cccc(F)c3)cn2)no1)N(C)C. The molecule has 0 aliphatic rings. The van der Waals surface area contributed by atoms with Gasteiger partial charge in [-0.05, 0) is 44.3 Å². The van der Waals surface area contributed by atoms with Gasteiger partial charge in [-0.2, -0.15) is 4.98 Å². The van der Waals surface area contributed by atoms with Crippen molar-refractivity contribution in [3.63, 3.8) is 0 Å². The van der Waals surface area contributed by atoms with Crippen molar-refractivity contribution in [3.8, 4) is 22.6 Å². The van der Waals surface area contributed by atoms with Crippen LogP contribution in [0.25, 0.3) is 22.6 Å². The minimum atomic E-state index is -0.270. The number of aromatic nitrogens is 3. The van der Waals surface area contributed by atoms with Crippen molar-refractivity contribution < 1.29 is 8.91 Å². The second-order valence-corrected chi connectivity index (χ2v) is 5.79. The Bertz CT molecular complexity index is 814. The average Bonchev–Trinajstić information content (AvgIpc) is 3.05. The Kier molecular flexibility index (Phi) is 4.66. The molecule has 1 unspecified atom stereocenters. The number of rotatable bonds is 5. The first kappa shape index (κ1) is 16.3. The highest BCUT2D eigenvalue weighted by Gasteiger charge is 2.20. The summed E-state index contributed by atoms with van der Waals surface area (Å²) in [6, 6.07) is 10.2. The zero-order valence-corrected chi connectivity index (χ0v) is 13.9. The number of nitrogens with zero attached hydrogens (tertiary/aromatic N) is 4. The van der Waals surface area contributed by atoms with E-state index in [1.54, 1.807) is 12.3 Å². The largest absolute Gasteiger partial charge is 0.337 e. The monoisotopic (exact) mass is 326 g/mol. The van der Waals surface area contributed by atoms with Crippen LogP contribution in [0.5, 0.6) is 0 Å². The molecule has 3 rings (SSSR count). The van der Waals surface area contributed by atoms with E-state index in [1.165, 1.54) is 12.1 Å². The Morgan fingerprint density at radius 3 is 2.62 bits per heavy atom. The second-order valence-electron chi connectivity index (χ2n) is 5.79. The fourth-order valence-corrected chi connectivity index (χ4v) is 2.60. The number of halogens is 1. The van der Waals surface area contributed by atoms with Crippen LogP contribution < -0.4 is 0 Å². The fraction of sp³-hybridized carbons (Fsp3) is 0.278. The number of benzene rings is 1. The molecule has 24 heavy (non-hydrogen) atoms. The summed E-state index contributed by atoms with van der Waals surface area (Å²) >= 11 is 0. The highest BCUT2D eigenvalue weighted by atomic mass is 19.1. The van der Waals surface area contributed by atoms with Crippen LogP contribution in [-0.4, -0.2) is 34.1 Å². The van der Waals surface area contributed by atoms with Crippen molar-refractivity contribution in [3.05, 3.63) is 54.3 Å². The Morgan fingerprint density at radius 1 is 1.17 bits per heavy atom. The molecule has 124 valence electrons. The van der Waals surface area contributed by atoms with Gasteiger partial charge in [0.15, 0.2) is 0 Å². The molecule has 3 aromatic rings. The average molecular weight is 326 g/mol. The van der Waals surface area contributed by atoms with Crippen LogP contribution >= 0.6 is 0 Å². The molecule has 0 bridgehead atoms. The Morgan fingerprint density at radius 2 is 2.00 bits per heavy atom. The molecule has 0 aliphatic carbocycles. The maximum absolute atomic E-state index is 13.3. The van der Waals surface area contributed by atoms with Crippen molar-refractivity contribution in [1.82, 2.24) is 20.0 Å². The molecular formula is C18H19FN4O. The van der Waals surface area contributed by atoms with Gasteiger partial charge in [-0.25, -0.2) is 4.39 Å². The van der Waals surface area contributed by atoms with E-state index in [0.717, 1.165) is 17.5 Å². The van der Waals surface area contributed by atoms with Gasteiger partial charge in [0.1, 0.15) is 11.5 Å². The highest BCUT2D eigenvalue weighted by molar-refractivity contribution is 5.64. The van der Waals surface area contributed by atoms with Crippen LogP contribution in [0.4, 0.5) is 4.39 Å². The van der Waals surface area contributed by atoms with Gasteiger partial charge in [-0.3, -0.25) is 9.88 Å². The zero-order valence-electron chi connectivity index (χ0n) is 13.9. The summed E-state index contributed by atoms with van der Waals surface area (Å²) in [5, 5.41) is 4.02. The third kappa shape index (κ3) is 3.33. The van der Waals surface area contributed by atoms with Crippen molar-refractivity contribution in [2.75, 3.05) is 14.1 Å².